The number of carbonyl (C=O) groups excluding carboxylic acids is 1. The zero-order valence-corrected chi connectivity index (χ0v) is 12.9. The first-order valence-corrected chi connectivity index (χ1v) is 7.30. The van der Waals surface area contributed by atoms with Crippen molar-refractivity contribution in [2.75, 3.05) is 11.2 Å². The number of alkyl halides is 1. The van der Waals surface area contributed by atoms with Gasteiger partial charge in [-0.05, 0) is 30.3 Å². The van der Waals surface area contributed by atoms with Crippen LogP contribution in [0.2, 0.25) is 5.02 Å². The van der Waals surface area contributed by atoms with Crippen molar-refractivity contribution >= 4 is 45.9 Å². The highest BCUT2D eigenvalue weighted by molar-refractivity contribution is 6.33. The Labute approximate surface area is 139 Å². The Kier molecular flexibility index (Phi) is 4.19. The van der Waals surface area contributed by atoms with Gasteiger partial charge in [0, 0.05) is 5.69 Å². The molecule has 0 atom stereocenters. The lowest BCUT2D eigenvalue weighted by molar-refractivity contribution is -0.113. The Bertz CT molecular complexity index is 912. The van der Waals surface area contributed by atoms with E-state index in [1.807, 2.05) is 0 Å². The molecule has 1 N–H and O–H groups in total. The number of aromatic nitrogens is 1. The Balaban J connectivity index is 2.03. The molecule has 0 unspecified atom stereocenters. The van der Waals surface area contributed by atoms with E-state index >= 15 is 0 Å². The molecule has 1 amide bonds. The second kappa shape index (κ2) is 6.14. The summed E-state index contributed by atoms with van der Waals surface area (Å²) in [5, 5.41) is 2.55. The van der Waals surface area contributed by atoms with Gasteiger partial charge in [-0.25, -0.2) is 13.8 Å². The lowest BCUT2D eigenvalue weighted by Gasteiger charge is -2.01. The van der Waals surface area contributed by atoms with E-state index in [0.717, 1.165) is 12.1 Å². The lowest BCUT2D eigenvalue weighted by Crippen LogP contribution is -2.12. The molecule has 0 spiro atoms. The SMILES string of the molecule is O=C(CCl)Nc1ccc2oc(-c3cc(F)c(F)cc3Cl)nc2c1. The fourth-order valence-electron chi connectivity index (χ4n) is 2.00. The molecule has 0 saturated heterocycles. The van der Waals surface area contributed by atoms with Crippen LogP contribution >= 0.6 is 23.2 Å². The number of oxazole rings is 1. The van der Waals surface area contributed by atoms with Crippen LogP contribution in [0.1, 0.15) is 0 Å². The van der Waals surface area contributed by atoms with Crippen molar-refractivity contribution in [3.63, 3.8) is 0 Å². The summed E-state index contributed by atoms with van der Waals surface area (Å²) >= 11 is 11.3. The molecule has 0 bridgehead atoms. The number of anilines is 1. The fraction of sp³-hybridized carbons (Fsp3) is 0.0667. The van der Waals surface area contributed by atoms with E-state index in [-0.39, 0.29) is 28.3 Å². The number of halogens is 4. The monoisotopic (exact) mass is 356 g/mol. The summed E-state index contributed by atoms with van der Waals surface area (Å²) < 4.78 is 32.0. The van der Waals surface area contributed by atoms with Crippen molar-refractivity contribution in [3.05, 3.63) is 47.0 Å². The zero-order chi connectivity index (χ0) is 16.6. The number of benzene rings is 2. The van der Waals surface area contributed by atoms with Crippen LogP contribution in [0.25, 0.3) is 22.6 Å². The van der Waals surface area contributed by atoms with Crippen LogP contribution in [0.4, 0.5) is 14.5 Å². The molecule has 0 aliphatic carbocycles. The highest BCUT2D eigenvalue weighted by Crippen LogP contribution is 2.32. The minimum Gasteiger partial charge on any atom is -0.436 e. The van der Waals surface area contributed by atoms with Gasteiger partial charge in [0.25, 0.3) is 0 Å². The maximum absolute atomic E-state index is 13.4. The van der Waals surface area contributed by atoms with Gasteiger partial charge in [0.2, 0.25) is 11.8 Å². The van der Waals surface area contributed by atoms with Crippen LogP contribution in [0.15, 0.2) is 34.7 Å². The average Bonchev–Trinajstić information content (AvgIpc) is 2.93. The van der Waals surface area contributed by atoms with Crippen molar-refractivity contribution in [2.24, 2.45) is 0 Å². The number of amides is 1. The van der Waals surface area contributed by atoms with Gasteiger partial charge < -0.3 is 9.73 Å². The van der Waals surface area contributed by atoms with Gasteiger partial charge in [-0.2, -0.15) is 0 Å². The first kappa shape index (κ1) is 15.7. The number of hydrogen-bond acceptors (Lipinski definition) is 3. The Morgan fingerprint density at radius 1 is 1.22 bits per heavy atom. The third kappa shape index (κ3) is 3.13. The zero-order valence-electron chi connectivity index (χ0n) is 11.4. The maximum atomic E-state index is 13.4. The first-order chi connectivity index (χ1) is 11.0. The predicted octanol–water partition coefficient (Wildman–Crippen LogP) is 4.60. The molecule has 23 heavy (non-hydrogen) atoms. The average molecular weight is 357 g/mol. The van der Waals surface area contributed by atoms with Crippen molar-refractivity contribution in [2.45, 2.75) is 0 Å². The van der Waals surface area contributed by atoms with Crippen molar-refractivity contribution in [1.82, 2.24) is 4.98 Å². The summed E-state index contributed by atoms with van der Waals surface area (Å²) in [6.45, 7) is 0. The Morgan fingerprint density at radius 3 is 2.70 bits per heavy atom. The number of nitrogens with one attached hydrogen (secondary N) is 1. The van der Waals surface area contributed by atoms with Gasteiger partial charge in [0.15, 0.2) is 17.2 Å². The molecule has 2 aromatic carbocycles. The van der Waals surface area contributed by atoms with Gasteiger partial charge >= 0.3 is 0 Å². The highest BCUT2D eigenvalue weighted by atomic mass is 35.5. The summed E-state index contributed by atoms with van der Waals surface area (Å²) in [4.78, 5) is 15.5. The van der Waals surface area contributed by atoms with E-state index in [1.54, 1.807) is 18.2 Å². The van der Waals surface area contributed by atoms with E-state index in [2.05, 4.69) is 10.3 Å². The number of carbonyl (C=O) groups is 1. The van der Waals surface area contributed by atoms with Gasteiger partial charge in [-0.3, -0.25) is 4.79 Å². The largest absolute Gasteiger partial charge is 0.436 e. The number of nitrogens with zero attached hydrogens (tertiary/aromatic N) is 1. The molecule has 0 fully saturated rings. The molecular formula is C15H8Cl2F2N2O2. The summed E-state index contributed by atoms with van der Waals surface area (Å²) in [6.07, 6.45) is 0. The number of fused-ring (bicyclic) bond motifs is 1. The fourth-order valence-corrected chi connectivity index (χ4v) is 2.30. The van der Waals surface area contributed by atoms with Crippen LogP contribution in [0.5, 0.6) is 0 Å². The minimum atomic E-state index is -1.05. The molecule has 0 aliphatic heterocycles. The van der Waals surface area contributed by atoms with E-state index in [1.165, 1.54) is 0 Å². The normalized spacial score (nSPS) is 11.0. The molecular weight excluding hydrogens is 349 g/mol. The van der Waals surface area contributed by atoms with E-state index < -0.39 is 11.6 Å². The summed E-state index contributed by atoms with van der Waals surface area (Å²) in [7, 11) is 0. The molecule has 8 heteroatoms. The lowest BCUT2D eigenvalue weighted by atomic mass is 10.2. The minimum absolute atomic E-state index is 0.0221. The second-order valence-corrected chi connectivity index (χ2v) is 5.30. The molecule has 4 nitrogen and oxygen atoms in total. The molecule has 118 valence electrons. The molecule has 1 aromatic heterocycles. The summed E-state index contributed by atoms with van der Waals surface area (Å²) in [5.41, 5.74) is 1.45. The highest BCUT2D eigenvalue weighted by Gasteiger charge is 2.16. The molecule has 0 aliphatic rings. The van der Waals surface area contributed by atoms with Gasteiger partial charge in [-0.1, -0.05) is 11.6 Å². The van der Waals surface area contributed by atoms with E-state index in [9.17, 15) is 13.6 Å². The topological polar surface area (TPSA) is 55.1 Å². The van der Waals surface area contributed by atoms with Crippen LogP contribution in [0.3, 0.4) is 0 Å². The molecule has 0 radical (unpaired) electrons. The maximum Gasteiger partial charge on any atom is 0.239 e. The molecule has 1 heterocycles. The molecule has 3 rings (SSSR count). The Hall–Kier alpha value is -2.18. The van der Waals surface area contributed by atoms with Crippen LogP contribution in [0, 0.1) is 11.6 Å². The van der Waals surface area contributed by atoms with Crippen molar-refractivity contribution < 1.29 is 18.0 Å². The number of rotatable bonds is 3. The summed E-state index contributed by atoms with van der Waals surface area (Å²) in [5.74, 6) is -2.60. The van der Waals surface area contributed by atoms with Crippen LogP contribution < -0.4 is 5.32 Å². The summed E-state index contributed by atoms with van der Waals surface area (Å²) in [6, 6.07) is 6.53. The van der Waals surface area contributed by atoms with E-state index in [0.29, 0.717) is 16.8 Å². The molecule has 0 saturated carbocycles. The second-order valence-electron chi connectivity index (χ2n) is 4.63. The van der Waals surface area contributed by atoms with Crippen LogP contribution in [-0.2, 0) is 4.79 Å². The van der Waals surface area contributed by atoms with Gasteiger partial charge in [0.1, 0.15) is 11.4 Å². The van der Waals surface area contributed by atoms with Crippen LogP contribution in [-0.4, -0.2) is 16.8 Å². The third-order valence-corrected chi connectivity index (χ3v) is 3.59. The quantitative estimate of drug-likeness (QED) is 0.550. The van der Waals surface area contributed by atoms with E-state index in [4.69, 9.17) is 27.6 Å². The smallest absolute Gasteiger partial charge is 0.239 e. The third-order valence-electron chi connectivity index (χ3n) is 3.03. The van der Waals surface area contributed by atoms with Crippen molar-refractivity contribution in [3.8, 4) is 11.5 Å². The predicted molar refractivity (Wildman–Crippen MR) is 83.7 cm³/mol. The standard InChI is InChI=1S/C15H8Cl2F2N2O2/c16-6-14(22)20-7-1-2-13-12(3-7)21-15(23-13)8-4-10(18)11(19)5-9(8)17/h1-5H,6H2,(H,20,22). The Morgan fingerprint density at radius 2 is 1.96 bits per heavy atom. The number of hydrogen-bond donors (Lipinski definition) is 1. The van der Waals surface area contributed by atoms with Gasteiger partial charge in [-0.15, -0.1) is 11.6 Å². The first-order valence-electron chi connectivity index (χ1n) is 6.39. The van der Waals surface area contributed by atoms with Crippen molar-refractivity contribution in [1.29, 1.82) is 0 Å². The molecule has 3 aromatic rings. The van der Waals surface area contributed by atoms with Gasteiger partial charge in [0.05, 0.1) is 10.6 Å².